The van der Waals surface area contributed by atoms with Gasteiger partial charge in [0, 0.05) is 16.6 Å². The molecule has 2 aliphatic carbocycles. The molecular formula is C20H18ClN3OS. The molecule has 0 radical (unpaired) electrons. The third kappa shape index (κ3) is 3.08. The van der Waals surface area contributed by atoms with Gasteiger partial charge in [0.2, 0.25) is 0 Å². The number of nitrogens with zero attached hydrogens (tertiary/aromatic N) is 2. The maximum Gasteiger partial charge on any atom is 0.253 e. The molecule has 26 heavy (non-hydrogen) atoms. The number of hydrogen-bond donors (Lipinski definition) is 1. The maximum absolute atomic E-state index is 13.0. The van der Waals surface area contributed by atoms with E-state index in [-0.39, 0.29) is 11.9 Å². The van der Waals surface area contributed by atoms with Crippen molar-refractivity contribution in [3.05, 3.63) is 57.2 Å². The monoisotopic (exact) mass is 383 g/mol. The molecule has 2 aliphatic rings. The first kappa shape index (κ1) is 17.4. The van der Waals surface area contributed by atoms with Crippen LogP contribution in [0.5, 0.6) is 0 Å². The molecule has 1 aromatic heterocycles. The fraction of sp³-hybridized carbons (Fsp3) is 0.350. The lowest BCUT2D eigenvalue weighted by atomic mass is 10.0. The maximum atomic E-state index is 13.0. The van der Waals surface area contributed by atoms with E-state index in [1.54, 1.807) is 6.07 Å². The van der Waals surface area contributed by atoms with Gasteiger partial charge >= 0.3 is 0 Å². The van der Waals surface area contributed by atoms with E-state index in [2.05, 4.69) is 16.4 Å². The first-order chi connectivity index (χ1) is 12.6. The second kappa shape index (κ2) is 6.94. The summed E-state index contributed by atoms with van der Waals surface area (Å²) < 4.78 is 0. The van der Waals surface area contributed by atoms with Crippen molar-refractivity contribution in [2.45, 2.75) is 42.7 Å². The van der Waals surface area contributed by atoms with Gasteiger partial charge in [-0.2, -0.15) is 5.26 Å². The minimum atomic E-state index is -0.209. The lowest BCUT2D eigenvalue weighted by molar-refractivity contribution is 0.0936. The van der Waals surface area contributed by atoms with Crippen LogP contribution in [0, 0.1) is 11.3 Å². The number of benzene rings is 1. The first-order valence-electron chi connectivity index (χ1n) is 8.69. The zero-order chi connectivity index (χ0) is 18.3. The zero-order valence-corrected chi connectivity index (χ0v) is 16.0. The number of nitrogens with one attached hydrogen (secondary N) is 1. The van der Waals surface area contributed by atoms with Crippen LogP contribution in [0.3, 0.4) is 0 Å². The molecule has 4 rings (SSSR count). The highest BCUT2D eigenvalue weighted by Gasteiger charge is 2.30. The van der Waals surface area contributed by atoms with E-state index in [0.717, 1.165) is 47.5 Å². The van der Waals surface area contributed by atoms with Gasteiger partial charge in [-0.1, -0.05) is 23.7 Å². The number of rotatable bonds is 4. The SMILES string of the molecule is CSc1nc(C2CC2)cc(C(=O)NC2CCc3c(Cl)cccc32)c1C#N. The van der Waals surface area contributed by atoms with Gasteiger partial charge in [0.1, 0.15) is 11.1 Å². The smallest absolute Gasteiger partial charge is 0.253 e. The number of carbonyl (C=O) groups is 1. The summed E-state index contributed by atoms with van der Waals surface area (Å²) in [5.74, 6) is 0.213. The Morgan fingerprint density at radius 3 is 2.88 bits per heavy atom. The normalized spacial score (nSPS) is 18.3. The molecule has 1 heterocycles. The van der Waals surface area contributed by atoms with Crippen LogP contribution < -0.4 is 5.32 Å². The molecule has 2 aromatic rings. The van der Waals surface area contributed by atoms with E-state index < -0.39 is 0 Å². The Balaban J connectivity index is 1.66. The van der Waals surface area contributed by atoms with Crippen LogP contribution in [0.2, 0.25) is 5.02 Å². The van der Waals surface area contributed by atoms with Crippen molar-refractivity contribution >= 4 is 29.3 Å². The molecule has 0 bridgehead atoms. The highest BCUT2D eigenvalue weighted by molar-refractivity contribution is 7.98. The minimum Gasteiger partial charge on any atom is -0.345 e. The topological polar surface area (TPSA) is 65.8 Å². The van der Waals surface area contributed by atoms with Crippen LogP contribution >= 0.6 is 23.4 Å². The van der Waals surface area contributed by atoms with Crippen molar-refractivity contribution in [1.82, 2.24) is 10.3 Å². The summed E-state index contributed by atoms with van der Waals surface area (Å²) in [6, 6.07) is 9.71. The quantitative estimate of drug-likeness (QED) is 0.782. The summed E-state index contributed by atoms with van der Waals surface area (Å²) in [7, 11) is 0. The molecule has 1 aromatic carbocycles. The van der Waals surface area contributed by atoms with Crippen molar-refractivity contribution in [3.63, 3.8) is 0 Å². The average molecular weight is 384 g/mol. The number of thioether (sulfide) groups is 1. The van der Waals surface area contributed by atoms with Crippen LogP contribution in [0.15, 0.2) is 29.3 Å². The first-order valence-corrected chi connectivity index (χ1v) is 10.3. The molecule has 1 unspecified atom stereocenters. The summed E-state index contributed by atoms with van der Waals surface area (Å²) in [5, 5.41) is 14.1. The second-order valence-corrected chi connectivity index (χ2v) is 7.94. The molecule has 132 valence electrons. The fourth-order valence-electron chi connectivity index (χ4n) is 3.56. The van der Waals surface area contributed by atoms with Crippen molar-refractivity contribution in [2.75, 3.05) is 6.26 Å². The molecule has 1 amide bonds. The molecule has 1 atom stereocenters. The molecule has 1 N–H and O–H groups in total. The van der Waals surface area contributed by atoms with Gasteiger partial charge in [0.05, 0.1) is 17.2 Å². The number of fused-ring (bicyclic) bond motifs is 1. The molecule has 6 heteroatoms. The second-order valence-electron chi connectivity index (χ2n) is 6.74. The number of aromatic nitrogens is 1. The predicted molar refractivity (Wildman–Crippen MR) is 103 cm³/mol. The number of pyridine rings is 1. The summed E-state index contributed by atoms with van der Waals surface area (Å²) >= 11 is 7.68. The third-order valence-electron chi connectivity index (χ3n) is 5.07. The summed E-state index contributed by atoms with van der Waals surface area (Å²) in [5.41, 5.74) is 3.91. The van der Waals surface area contributed by atoms with Gasteiger partial charge in [-0.25, -0.2) is 4.98 Å². The molecular weight excluding hydrogens is 366 g/mol. The number of amides is 1. The Hall–Kier alpha value is -2.03. The van der Waals surface area contributed by atoms with Gasteiger partial charge in [-0.05, 0) is 55.2 Å². The van der Waals surface area contributed by atoms with Crippen molar-refractivity contribution in [1.29, 1.82) is 5.26 Å². The Morgan fingerprint density at radius 1 is 1.38 bits per heavy atom. The fourth-order valence-corrected chi connectivity index (χ4v) is 4.39. The summed E-state index contributed by atoms with van der Waals surface area (Å²) in [6.07, 6.45) is 5.76. The van der Waals surface area contributed by atoms with Crippen molar-refractivity contribution in [3.8, 4) is 6.07 Å². The highest BCUT2D eigenvalue weighted by Crippen LogP contribution is 2.41. The van der Waals surface area contributed by atoms with Gasteiger partial charge in [-0.3, -0.25) is 4.79 Å². The van der Waals surface area contributed by atoms with Crippen LogP contribution in [0.1, 0.15) is 64.0 Å². The Bertz CT molecular complexity index is 933. The van der Waals surface area contributed by atoms with Crippen LogP contribution in [0.25, 0.3) is 0 Å². The van der Waals surface area contributed by atoms with E-state index in [1.165, 1.54) is 11.8 Å². The number of nitriles is 1. The van der Waals surface area contributed by atoms with Crippen molar-refractivity contribution in [2.24, 2.45) is 0 Å². The third-order valence-corrected chi connectivity index (χ3v) is 6.11. The van der Waals surface area contributed by atoms with E-state index in [1.807, 2.05) is 24.5 Å². The van der Waals surface area contributed by atoms with Crippen molar-refractivity contribution < 1.29 is 4.79 Å². The van der Waals surface area contributed by atoms with Gasteiger partial charge < -0.3 is 5.32 Å². The molecule has 1 fully saturated rings. The molecule has 1 saturated carbocycles. The lowest BCUT2D eigenvalue weighted by Gasteiger charge is -2.16. The largest absolute Gasteiger partial charge is 0.345 e. The Labute approximate surface area is 162 Å². The number of hydrogen-bond acceptors (Lipinski definition) is 4. The van der Waals surface area contributed by atoms with E-state index >= 15 is 0 Å². The van der Waals surface area contributed by atoms with Crippen LogP contribution in [-0.2, 0) is 6.42 Å². The van der Waals surface area contributed by atoms with Crippen LogP contribution in [-0.4, -0.2) is 17.1 Å². The van der Waals surface area contributed by atoms with E-state index in [0.29, 0.717) is 22.1 Å². The predicted octanol–water partition coefficient (Wildman–Crippen LogP) is 4.62. The Morgan fingerprint density at radius 2 is 2.19 bits per heavy atom. The molecule has 0 spiro atoms. The van der Waals surface area contributed by atoms with Crippen LogP contribution in [0.4, 0.5) is 0 Å². The Kier molecular flexibility index (Phi) is 4.64. The van der Waals surface area contributed by atoms with Gasteiger partial charge in [0.15, 0.2) is 0 Å². The van der Waals surface area contributed by atoms with Gasteiger partial charge in [0.25, 0.3) is 5.91 Å². The standard InChI is InChI=1S/C20H18ClN3OS/c1-26-20-15(10-22)14(9-18(24-20)11-5-6-11)19(25)23-17-8-7-12-13(17)3-2-4-16(12)21/h2-4,9,11,17H,5-8H2,1H3,(H,23,25). The molecule has 0 aliphatic heterocycles. The molecule has 4 nitrogen and oxygen atoms in total. The average Bonchev–Trinajstić information content (AvgIpc) is 3.43. The lowest BCUT2D eigenvalue weighted by Crippen LogP contribution is -2.28. The highest BCUT2D eigenvalue weighted by atomic mass is 35.5. The van der Waals surface area contributed by atoms with Gasteiger partial charge in [-0.15, -0.1) is 11.8 Å². The van der Waals surface area contributed by atoms with E-state index in [4.69, 9.17) is 11.6 Å². The minimum absolute atomic E-state index is 0.0713. The summed E-state index contributed by atoms with van der Waals surface area (Å²) in [4.78, 5) is 17.6. The zero-order valence-electron chi connectivity index (χ0n) is 14.4. The number of carbonyl (C=O) groups excluding carboxylic acids is 1. The summed E-state index contributed by atoms with van der Waals surface area (Å²) in [6.45, 7) is 0. The molecule has 0 saturated heterocycles. The number of halogens is 1. The van der Waals surface area contributed by atoms with E-state index in [9.17, 15) is 10.1 Å².